The van der Waals surface area contributed by atoms with Crippen LogP contribution in [0.5, 0.6) is 0 Å². The molecular weight excluding hydrogens is 511 g/mol. The molecule has 0 radical (unpaired) electrons. The quantitative estimate of drug-likeness (QED) is 0.323. The van der Waals surface area contributed by atoms with E-state index >= 15 is 0 Å². The lowest BCUT2D eigenvalue weighted by Gasteiger charge is -2.43. The molecule has 0 spiro atoms. The van der Waals surface area contributed by atoms with E-state index in [0.717, 1.165) is 16.3 Å². The van der Waals surface area contributed by atoms with E-state index in [9.17, 15) is 9.90 Å². The molecule has 2 aromatic rings. The third kappa shape index (κ3) is 5.96. The zero-order chi connectivity index (χ0) is 22.6. The zero-order valence-corrected chi connectivity index (χ0v) is 20.6. The Balaban J connectivity index is 1.77. The van der Waals surface area contributed by atoms with Crippen molar-refractivity contribution in [3.63, 3.8) is 0 Å². The predicted molar refractivity (Wildman–Crippen MR) is 127 cm³/mol. The van der Waals surface area contributed by atoms with Crippen LogP contribution in [-0.4, -0.2) is 53.8 Å². The topological polar surface area (TPSA) is 74.2 Å². The van der Waals surface area contributed by atoms with E-state index in [0.29, 0.717) is 11.0 Å². The van der Waals surface area contributed by atoms with Crippen LogP contribution in [0.3, 0.4) is 0 Å². The maximum absolute atomic E-state index is 12.3. The minimum absolute atomic E-state index is 0.0437. The SMILES string of the molecule is CO[C@H]1O[C@H](CI)[C@@H](O)[C@H](OCc2ccc3ccccc3c2)[C@H]1COC(=O)C(C)(C)C. The number of aliphatic hydroxyl groups is 1. The Kier molecular flexibility index (Phi) is 8.31. The molecule has 5 atom stereocenters. The van der Waals surface area contributed by atoms with Gasteiger partial charge in [-0.15, -0.1) is 0 Å². The molecule has 2 aromatic carbocycles. The van der Waals surface area contributed by atoms with Crippen molar-refractivity contribution in [1.82, 2.24) is 0 Å². The van der Waals surface area contributed by atoms with Crippen molar-refractivity contribution in [2.75, 3.05) is 18.1 Å². The molecule has 1 aliphatic heterocycles. The van der Waals surface area contributed by atoms with Gasteiger partial charge in [-0.05, 0) is 43.2 Å². The average Bonchev–Trinajstić information content (AvgIpc) is 2.75. The third-order valence-electron chi connectivity index (χ3n) is 5.46. The number of hydrogen-bond acceptors (Lipinski definition) is 6. The second kappa shape index (κ2) is 10.6. The van der Waals surface area contributed by atoms with Crippen molar-refractivity contribution >= 4 is 39.3 Å². The summed E-state index contributed by atoms with van der Waals surface area (Å²) < 4.78 is 23.8. The number of alkyl halides is 1. The van der Waals surface area contributed by atoms with Crippen LogP contribution in [-0.2, 0) is 30.3 Å². The first-order valence-corrected chi connectivity index (χ1v) is 12.0. The maximum atomic E-state index is 12.3. The molecular formula is C24H31IO6. The highest BCUT2D eigenvalue weighted by Gasteiger charge is 2.46. The first kappa shape index (κ1) is 24.4. The number of benzene rings is 2. The second-order valence-corrected chi connectivity index (χ2v) is 9.77. The minimum Gasteiger partial charge on any atom is -0.465 e. The smallest absolute Gasteiger partial charge is 0.311 e. The monoisotopic (exact) mass is 542 g/mol. The first-order valence-electron chi connectivity index (χ1n) is 10.4. The standard InChI is InChI=1S/C24H31IO6/c1-24(2,3)23(27)30-14-18-21(20(26)19(12-25)31-22(18)28-4)29-13-15-9-10-16-7-5-6-8-17(16)11-15/h5-11,18-22,26H,12-14H2,1-4H3/t18-,19-,20-,21-,22+/m1/s1. The molecule has 0 saturated carbocycles. The number of esters is 1. The van der Waals surface area contributed by atoms with E-state index in [1.54, 1.807) is 27.9 Å². The molecule has 0 amide bonds. The van der Waals surface area contributed by atoms with E-state index in [2.05, 4.69) is 46.9 Å². The van der Waals surface area contributed by atoms with Gasteiger partial charge in [0.1, 0.15) is 12.7 Å². The maximum Gasteiger partial charge on any atom is 0.311 e. The van der Waals surface area contributed by atoms with Crippen LogP contribution in [0.15, 0.2) is 42.5 Å². The number of hydrogen-bond donors (Lipinski definition) is 1. The molecule has 0 aromatic heterocycles. The van der Waals surface area contributed by atoms with Crippen LogP contribution < -0.4 is 0 Å². The lowest BCUT2D eigenvalue weighted by Crippen LogP contribution is -2.58. The Bertz CT molecular complexity index is 880. The molecule has 1 saturated heterocycles. The minimum atomic E-state index is -0.859. The molecule has 7 heteroatoms. The molecule has 1 heterocycles. The number of ether oxygens (including phenoxy) is 4. The predicted octanol–water partition coefficient (Wildman–Crippen LogP) is 4.10. The highest BCUT2D eigenvalue weighted by Crippen LogP contribution is 2.32. The van der Waals surface area contributed by atoms with Gasteiger partial charge in [-0.3, -0.25) is 4.79 Å². The molecule has 1 aliphatic rings. The Hall–Kier alpha value is -1.26. The van der Waals surface area contributed by atoms with Crippen LogP contribution >= 0.6 is 22.6 Å². The van der Waals surface area contributed by atoms with Gasteiger partial charge in [-0.1, -0.05) is 59.0 Å². The van der Waals surface area contributed by atoms with Crippen LogP contribution in [0.25, 0.3) is 10.8 Å². The van der Waals surface area contributed by atoms with Gasteiger partial charge in [-0.25, -0.2) is 0 Å². The largest absolute Gasteiger partial charge is 0.465 e. The second-order valence-electron chi connectivity index (χ2n) is 8.89. The summed E-state index contributed by atoms with van der Waals surface area (Å²) >= 11 is 2.18. The van der Waals surface area contributed by atoms with Gasteiger partial charge in [0.15, 0.2) is 6.29 Å². The number of rotatable bonds is 7. The fourth-order valence-electron chi connectivity index (χ4n) is 3.64. The summed E-state index contributed by atoms with van der Waals surface area (Å²) in [5, 5.41) is 13.2. The number of fused-ring (bicyclic) bond motifs is 1. The molecule has 6 nitrogen and oxygen atoms in total. The molecule has 170 valence electrons. The summed E-state index contributed by atoms with van der Waals surface area (Å²) in [5.41, 5.74) is 0.380. The van der Waals surface area contributed by atoms with E-state index in [4.69, 9.17) is 18.9 Å². The highest BCUT2D eigenvalue weighted by molar-refractivity contribution is 14.1. The number of methoxy groups -OCH3 is 1. The lowest BCUT2D eigenvalue weighted by molar-refractivity contribution is -0.283. The molecule has 1 fully saturated rings. The summed E-state index contributed by atoms with van der Waals surface area (Å²) in [6.45, 7) is 5.77. The van der Waals surface area contributed by atoms with E-state index in [1.165, 1.54) is 0 Å². The summed E-state index contributed by atoms with van der Waals surface area (Å²) in [6, 6.07) is 14.3. The zero-order valence-electron chi connectivity index (χ0n) is 18.4. The van der Waals surface area contributed by atoms with Crippen LogP contribution in [0.4, 0.5) is 0 Å². The van der Waals surface area contributed by atoms with Crippen molar-refractivity contribution in [3.05, 3.63) is 48.0 Å². The van der Waals surface area contributed by atoms with Crippen LogP contribution in [0.1, 0.15) is 26.3 Å². The lowest BCUT2D eigenvalue weighted by atomic mass is 9.91. The normalized spacial score (nSPS) is 26.7. The number of carbonyl (C=O) groups excluding carboxylic acids is 1. The summed E-state index contributed by atoms with van der Waals surface area (Å²) in [5.74, 6) is -0.771. The van der Waals surface area contributed by atoms with Crippen molar-refractivity contribution < 1.29 is 28.8 Å². The fourth-order valence-corrected chi connectivity index (χ4v) is 4.37. The molecule has 1 N–H and O–H groups in total. The number of aliphatic hydroxyl groups excluding tert-OH is 1. The van der Waals surface area contributed by atoms with Crippen molar-refractivity contribution in [2.45, 2.75) is 52.0 Å². The first-order chi connectivity index (χ1) is 14.7. The van der Waals surface area contributed by atoms with Crippen molar-refractivity contribution in [2.24, 2.45) is 11.3 Å². The summed E-state index contributed by atoms with van der Waals surface area (Å²) in [6.07, 6.45) is -2.53. The molecule has 3 rings (SSSR count). The van der Waals surface area contributed by atoms with Gasteiger partial charge in [0.25, 0.3) is 0 Å². The number of carbonyl (C=O) groups is 1. The van der Waals surface area contributed by atoms with E-state index in [1.807, 2.05) is 18.2 Å². The summed E-state index contributed by atoms with van der Waals surface area (Å²) in [4.78, 5) is 12.3. The van der Waals surface area contributed by atoms with Gasteiger partial charge in [0.05, 0.1) is 30.1 Å². The highest BCUT2D eigenvalue weighted by atomic mass is 127. The Morgan fingerprint density at radius 2 is 1.87 bits per heavy atom. The van der Waals surface area contributed by atoms with Crippen LogP contribution in [0.2, 0.25) is 0 Å². The Labute approximate surface area is 197 Å². The van der Waals surface area contributed by atoms with Crippen molar-refractivity contribution in [1.29, 1.82) is 0 Å². The van der Waals surface area contributed by atoms with Gasteiger partial charge in [0.2, 0.25) is 0 Å². The molecule has 0 aliphatic carbocycles. The van der Waals surface area contributed by atoms with Crippen molar-refractivity contribution in [3.8, 4) is 0 Å². The van der Waals surface area contributed by atoms with E-state index < -0.39 is 35.9 Å². The molecule has 0 unspecified atom stereocenters. The van der Waals surface area contributed by atoms with Gasteiger partial charge in [-0.2, -0.15) is 0 Å². The molecule has 31 heavy (non-hydrogen) atoms. The third-order valence-corrected chi connectivity index (χ3v) is 6.33. The van der Waals surface area contributed by atoms with Gasteiger partial charge in [0, 0.05) is 11.5 Å². The Morgan fingerprint density at radius 3 is 2.52 bits per heavy atom. The Morgan fingerprint density at radius 1 is 1.16 bits per heavy atom. The number of halogens is 1. The molecule has 0 bridgehead atoms. The van der Waals surface area contributed by atoms with Gasteiger partial charge >= 0.3 is 5.97 Å². The van der Waals surface area contributed by atoms with Gasteiger partial charge < -0.3 is 24.1 Å². The van der Waals surface area contributed by atoms with Crippen LogP contribution in [0, 0.1) is 11.3 Å². The van der Waals surface area contributed by atoms with E-state index in [-0.39, 0.29) is 12.6 Å². The average molecular weight is 542 g/mol. The fraction of sp³-hybridized carbons (Fsp3) is 0.542. The summed E-state index contributed by atoms with van der Waals surface area (Å²) in [7, 11) is 1.55.